The van der Waals surface area contributed by atoms with E-state index in [0.717, 1.165) is 38.5 Å². The molecule has 0 heterocycles. The first-order valence-electron chi connectivity index (χ1n) is 17.7. The highest BCUT2D eigenvalue weighted by Crippen LogP contribution is 2.14. The van der Waals surface area contributed by atoms with Gasteiger partial charge in [0.05, 0.1) is 18.8 Å². The number of carbonyl (C=O) groups excluding carboxylic acids is 1. The number of allylic oxidation sites excluding steroid dienone is 5. The molecule has 0 aromatic carbocycles. The molecule has 1 amide bonds. The highest BCUT2D eigenvalue weighted by molar-refractivity contribution is 5.76. The van der Waals surface area contributed by atoms with E-state index in [9.17, 15) is 15.0 Å². The maximum absolute atomic E-state index is 11.8. The summed E-state index contributed by atoms with van der Waals surface area (Å²) in [7, 11) is 0. The number of carbonyl (C=O) groups is 1. The van der Waals surface area contributed by atoms with Crippen LogP contribution < -0.4 is 5.32 Å². The summed E-state index contributed by atoms with van der Waals surface area (Å²) >= 11 is 0. The Morgan fingerprint density at radius 1 is 0.561 bits per heavy atom. The Kier molecular flexibility index (Phi) is 32.0. The second kappa shape index (κ2) is 33.1. The van der Waals surface area contributed by atoms with Crippen molar-refractivity contribution in [3.8, 4) is 0 Å². The minimum atomic E-state index is -0.862. The fourth-order valence-electron chi connectivity index (χ4n) is 5.07. The van der Waals surface area contributed by atoms with Crippen molar-refractivity contribution in [1.82, 2.24) is 5.32 Å². The van der Waals surface area contributed by atoms with Crippen LogP contribution in [-0.4, -0.2) is 34.9 Å². The lowest BCUT2D eigenvalue weighted by molar-refractivity contribution is -0.123. The molecule has 4 nitrogen and oxygen atoms in total. The molecule has 240 valence electrons. The van der Waals surface area contributed by atoms with Gasteiger partial charge in [-0.3, -0.25) is 4.79 Å². The third-order valence-corrected chi connectivity index (χ3v) is 7.85. The third-order valence-electron chi connectivity index (χ3n) is 7.85. The predicted octanol–water partition coefficient (Wildman–Crippen LogP) is 10.3. The van der Waals surface area contributed by atoms with Crippen LogP contribution in [0.25, 0.3) is 0 Å². The fraction of sp³-hybridized carbons (Fsp3) is 0.811. The number of amides is 1. The van der Waals surface area contributed by atoms with Gasteiger partial charge in [-0.25, -0.2) is 0 Å². The minimum Gasteiger partial charge on any atom is -0.394 e. The number of hydrogen-bond donors (Lipinski definition) is 3. The number of aliphatic hydroxyl groups is 2. The van der Waals surface area contributed by atoms with Crippen molar-refractivity contribution in [3.63, 3.8) is 0 Å². The van der Waals surface area contributed by atoms with Gasteiger partial charge >= 0.3 is 0 Å². The van der Waals surface area contributed by atoms with E-state index in [1.54, 1.807) is 6.08 Å². The van der Waals surface area contributed by atoms with E-state index in [2.05, 4.69) is 36.5 Å². The Bertz CT molecular complexity index is 628. The SMILES string of the molecule is CCCCCCCCCCCCCCCCCCC/C=C/CC/C=C/CC/C=C/C(O)C(CO)NC(=O)CCCC. The molecule has 0 aromatic rings. The van der Waals surface area contributed by atoms with Gasteiger partial charge in [0.1, 0.15) is 0 Å². The number of rotatable bonds is 31. The van der Waals surface area contributed by atoms with Gasteiger partial charge in [-0.15, -0.1) is 0 Å². The van der Waals surface area contributed by atoms with Crippen molar-refractivity contribution in [1.29, 1.82) is 0 Å². The first-order chi connectivity index (χ1) is 20.2. The summed E-state index contributed by atoms with van der Waals surface area (Å²) in [6.45, 7) is 4.05. The molecule has 4 heteroatoms. The molecule has 0 aromatic heterocycles. The molecular weight excluding hydrogens is 506 g/mol. The van der Waals surface area contributed by atoms with Gasteiger partial charge in [0.2, 0.25) is 5.91 Å². The minimum absolute atomic E-state index is 0.115. The van der Waals surface area contributed by atoms with E-state index in [1.165, 1.54) is 116 Å². The quantitative estimate of drug-likeness (QED) is 0.0569. The highest BCUT2D eigenvalue weighted by Gasteiger charge is 2.17. The van der Waals surface area contributed by atoms with Crippen LogP contribution in [0.1, 0.15) is 174 Å². The molecule has 0 aliphatic carbocycles. The van der Waals surface area contributed by atoms with Gasteiger partial charge in [0.15, 0.2) is 0 Å². The summed E-state index contributed by atoms with van der Waals surface area (Å²) in [5.41, 5.74) is 0. The molecule has 0 bridgehead atoms. The molecule has 0 spiro atoms. The van der Waals surface area contributed by atoms with E-state index in [-0.39, 0.29) is 12.5 Å². The van der Waals surface area contributed by atoms with Gasteiger partial charge in [-0.2, -0.15) is 0 Å². The second-order valence-electron chi connectivity index (χ2n) is 11.9. The fourth-order valence-corrected chi connectivity index (χ4v) is 5.07. The molecule has 0 fully saturated rings. The van der Waals surface area contributed by atoms with E-state index in [4.69, 9.17) is 0 Å². The summed E-state index contributed by atoms with van der Waals surface area (Å²) in [4.78, 5) is 11.8. The van der Waals surface area contributed by atoms with Crippen LogP contribution >= 0.6 is 0 Å². The molecule has 0 rings (SSSR count). The first kappa shape index (κ1) is 39.6. The zero-order chi connectivity index (χ0) is 30.1. The maximum Gasteiger partial charge on any atom is 0.220 e. The van der Waals surface area contributed by atoms with E-state index < -0.39 is 12.1 Å². The molecule has 2 unspecified atom stereocenters. The number of nitrogens with one attached hydrogen (secondary N) is 1. The third kappa shape index (κ3) is 29.9. The predicted molar refractivity (Wildman–Crippen MR) is 179 cm³/mol. The zero-order valence-corrected chi connectivity index (χ0v) is 27.3. The van der Waals surface area contributed by atoms with Crippen molar-refractivity contribution >= 4 is 5.91 Å². The van der Waals surface area contributed by atoms with Crippen molar-refractivity contribution in [2.45, 2.75) is 187 Å². The number of unbranched alkanes of at least 4 members (excludes halogenated alkanes) is 20. The molecule has 2 atom stereocenters. The molecule has 3 N–H and O–H groups in total. The summed E-state index contributed by atoms with van der Waals surface area (Å²) < 4.78 is 0. The normalized spacial score (nSPS) is 13.6. The molecule has 0 saturated heterocycles. The van der Waals surface area contributed by atoms with E-state index in [0.29, 0.717) is 6.42 Å². The van der Waals surface area contributed by atoms with Gasteiger partial charge in [-0.05, 0) is 44.9 Å². The van der Waals surface area contributed by atoms with Crippen LogP contribution in [0.4, 0.5) is 0 Å². The van der Waals surface area contributed by atoms with Crippen molar-refractivity contribution in [3.05, 3.63) is 36.5 Å². The number of aliphatic hydroxyl groups excluding tert-OH is 2. The van der Waals surface area contributed by atoms with Crippen LogP contribution in [0, 0.1) is 0 Å². The van der Waals surface area contributed by atoms with E-state index >= 15 is 0 Å². The molecular formula is C37H69NO3. The van der Waals surface area contributed by atoms with Crippen molar-refractivity contribution in [2.75, 3.05) is 6.61 Å². The van der Waals surface area contributed by atoms with Gasteiger partial charge in [-0.1, -0.05) is 159 Å². The standard InChI is InChI=1S/C37H69NO3/c1-3-5-7-8-9-10-11-12-13-14-15-16-17-18-19-20-21-22-23-24-25-26-27-28-29-30-31-32-36(40)35(34-39)38-37(41)33-6-4-2/h23-24,27-28,31-32,35-36,39-40H,3-22,25-26,29-30,33-34H2,1-2H3,(H,38,41)/b24-23+,28-27+,32-31+. The lowest BCUT2D eigenvalue weighted by Crippen LogP contribution is -2.45. The van der Waals surface area contributed by atoms with Crippen molar-refractivity contribution in [2.24, 2.45) is 0 Å². The zero-order valence-electron chi connectivity index (χ0n) is 27.3. The van der Waals surface area contributed by atoms with Crippen LogP contribution in [-0.2, 0) is 4.79 Å². The summed E-state index contributed by atoms with van der Waals surface area (Å²) in [6, 6.07) is -0.637. The molecule has 0 saturated carbocycles. The summed E-state index contributed by atoms with van der Waals surface area (Å²) in [5, 5.41) is 22.3. The van der Waals surface area contributed by atoms with Crippen LogP contribution in [0.3, 0.4) is 0 Å². The largest absolute Gasteiger partial charge is 0.394 e. The molecule has 0 aliphatic heterocycles. The van der Waals surface area contributed by atoms with Crippen LogP contribution in [0.5, 0.6) is 0 Å². The Labute approximate surface area is 255 Å². The van der Waals surface area contributed by atoms with E-state index in [1.807, 2.05) is 13.0 Å². The lowest BCUT2D eigenvalue weighted by atomic mass is 10.0. The highest BCUT2D eigenvalue weighted by atomic mass is 16.3. The van der Waals surface area contributed by atoms with Crippen molar-refractivity contribution < 1.29 is 15.0 Å². The van der Waals surface area contributed by atoms with Crippen LogP contribution in [0.15, 0.2) is 36.5 Å². The second-order valence-corrected chi connectivity index (χ2v) is 11.9. The monoisotopic (exact) mass is 576 g/mol. The first-order valence-corrected chi connectivity index (χ1v) is 17.7. The Morgan fingerprint density at radius 2 is 0.951 bits per heavy atom. The maximum atomic E-state index is 11.8. The van der Waals surface area contributed by atoms with Gasteiger partial charge in [0, 0.05) is 6.42 Å². The average Bonchev–Trinajstić information content (AvgIpc) is 2.98. The lowest BCUT2D eigenvalue weighted by Gasteiger charge is -2.19. The summed E-state index contributed by atoms with van der Waals surface area (Å²) in [5.74, 6) is -0.115. The number of hydrogen-bond acceptors (Lipinski definition) is 3. The summed E-state index contributed by atoms with van der Waals surface area (Å²) in [6.07, 6.45) is 43.4. The Hall–Kier alpha value is -1.39. The topological polar surface area (TPSA) is 69.6 Å². The molecule has 41 heavy (non-hydrogen) atoms. The Morgan fingerprint density at radius 3 is 1.39 bits per heavy atom. The molecule has 0 radical (unpaired) electrons. The molecule has 0 aliphatic rings. The van der Waals surface area contributed by atoms with Crippen LogP contribution in [0.2, 0.25) is 0 Å². The average molecular weight is 576 g/mol. The van der Waals surface area contributed by atoms with Gasteiger partial charge < -0.3 is 15.5 Å². The smallest absolute Gasteiger partial charge is 0.220 e. The Balaban J connectivity index is 3.47. The van der Waals surface area contributed by atoms with Gasteiger partial charge in [0.25, 0.3) is 0 Å².